The van der Waals surface area contributed by atoms with Crippen LogP contribution in [0, 0.1) is 6.92 Å². The van der Waals surface area contributed by atoms with Crippen molar-refractivity contribution in [3.63, 3.8) is 0 Å². The zero-order chi connectivity index (χ0) is 15.1. The second-order valence-corrected chi connectivity index (χ2v) is 5.02. The molecular weight excluding hydrogens is 262 g/mol. The molecule has 0 bridgehead atoms. The fourth-order valence-corrected chi connectivity index (χ4v) is 2.10. The van der Waals surface area contributed by atoms with Crippen molar-refractivity contribution in [1.29, 1.82) is 0 Å². The van der Waals surface area contributed by atoms with Crippen molar-refractivity contribution in [3.8, 4) is 11.5 Å². The van der Waals surface area contributed by atoms with Crippen molar-refractivity contribution in [2.24, 2.45) is 0 Å². The molecule has 21 heavy (non-hydrogen) atoms. The van der Waals surface area contributed by atoms with E-state index in [4.69, 9.17) is 9.47 Å². The van der Waals surface area contributed by atoms with Gasteiger partial charge in [-0.25, -0.2) is 0 Å². The summed E-state index contributed by atoms with van der Waals surface area (Å²) in [5.41, 5.74) is 3.59. The molecule has 0 saturated carbocycles. The highest BCUT2D eigenvalue weighted by atomic mass is 16.5. The molecule has 0 atom stereocenters. The SMILES string of the molecule is CCOc1cc(CNC)ccc1OCc1ccc(C)cc1. The first kappa shape index (κ1) is 15.4. The molecule has 0 radical (unpaired) electrons. The topological polar surface area (TPSA) is 30.5 Å². The molecule has 0 amide bonds. The Bertz CT molecular complexity index is 564. The summed E-state index contributed by atoms with van der Waals surface area (Å²) >= 11 is 0. The standard InChI is InChI=1S/C18H23NO2/c1-4-20-18-11-16(12-19-3)9-10-17(18)21-13-15-7-5-14(2)6-8-15/h5-11,19H,4,12-13H2,1-3H3. The molecule has 0 aromatic heterocycles. The van der Waals surface area contributed by atoms with Gasteiger partial charge in [0.2, 0.25) is 0 Å². The largest absolute Gasteiger partial charge is 0.490 e. The van der Waals surface area contributed by atoms with Gasteiger partial charge in [0.05, 0.1) is 6.61 Å². The van der Waals surface area contributed by atoms with Gasteiger partial charge in [-0.1, -0.05) is 35.9 Å². The molecule has 0 saturated heterocycles. The van der Waals surface area contributed by atoms with Crippen LogP contribution in [-0.4, -0.2) is 13.7 Å². The minimum absolute atomic E-state index is 0.547. The molecule has 1 N–H and O–H groups in total. The average Bonchev–Trinajstić information content (AvgIpc) is 2.49. The number of hydrogen-bond donors (Lipinski definition) is 1. The van der Waals surface area contributed by atoms with Crippen LogP contribution in [0.25, 0.3) is 0 Å². The highest BCUT2D eigenvalue weighted by Gasteiger charge is 2.06. The van der Waals surface area contributed by atoms with Crippen LogP contribution in [0.15, 0.2) is 42.5 Å². The molecule has 2 rings (SSSR count). The fourth-order valence-electron chi connectivity index (χ4n) is 2.10. The Labute approximate surface area is 126 Å². The second kappa shape index (κ2) is 7.70. The molecule has 0 aliphatic heterocycles. The van der Waals surface area contributed by atoms with Crippen molar-refractivity contribution in [2.75, 3.05) is 13.7 Å². The Hall–Kier alpha value is -2.00. The van der Waals surface area contributed by atoms with E-state index >= 15 is 0 Å². The van der Waals surface area contributed by atoms with Crippen molar-refractivity contribution in [1.82, 2.24) is 5.32 Å². The van der Waals surface area contributed by atoms with E-state index in [0.29, 0.717) is 13.2 Å². The molecule has 0 spiro atoms. The van der Waals surface area contributed by atoms with Gasteiger partial charge < -0.3 is 14.8 Å². The third-order valence-corrected chi connectivity index (χ3v) is 3.20. The van der Waals surface area contributed by atoms with Crippen LogP contribution in [0.2, 0.25) is 0 Å². The van der Waals surface area contributed by atoms with Gasteiger partial charge in [0.25, 0.3) is 0 Å². The van der Waals surface area contributed by atoms with Crippen LogP contribution in [0.5, 0.6) is 11.5 Å². The van der Waals surface area contributed by atoms with E-state index in [0.717, 1.165) is 23.6 Å². The summed E-state index contributed by atoms with van der Waals surface area (Å²) in [4.78, 5) is 0. The summed E-state index contributed by atoms with van der Waals surface area (Å²) < 4.78 is 11.6. The summed E-state index contributed by atoms with van der Waals surface area (Å²) in [6.45, 7) is 6.06. The molecular formula is C18H23NO2. The van der Waals surface area contributed by atoms with Crippen molar-refractivity contribution in [2.45, 2.75) is 27.0 Å². The highest BCUT2D eigenvalue weighted by molar-refractivity contribution is 5.43. The molecule has 0 aliphatic carbocycles. The van der Waals surface area contributed by atoms with E-state index < -0.39 is 0 Å². The van der Waals surface area contributed by atoms with E-state index in [1.165, 1.54) is 11.1 Å². The quantitative estimate of drug-likeness (QED) is 0.841. The third-order valence-electron chi connectivity index (χ3n) is 3.20. The predicted octanol–water partition coefficient (Wildman–Crippen LogP) is 3.69. The fraction of sp³-hybridized carbons (Fsp3) is 0.333. The monoisotopic (exact) mass is 285 g/mol. The molecule has 2 aromatic carbocycles. The minimum Gasteiger partial charge on any atom is -0.490 e. The lowest BCUT2D eigenvalue weighted by Gasteiger charge is -2.13. The van der Waals surface area contributed by atoms with Gasteiger partial charge in [-0.3, -0.25) is 0 Å². The summed E-state index contributed by atoms with van der Waals surface area (Å²) in [6.07, 6.45) is 0. The predicted molar refractivity (Wildman–Crippen MR) is 85.9 cm³/mol. The molecule has 112 valence electrons. The molecule has 0 fully saturated rings. The van der Waals surface area contributed by atoms with Crippen molar-refractivity contribution >= 4 is 0 Å². The Morgan fingerprint density at radius 1 is 0.905 bits per heavy atom. The Balaban J connectivity index is 2.09. The van der Waals surface area contributed by atoms with Gasteiger partial charge in [0.1, 0.15) is 6.61 Å². The van der Waals surface area contributed by atoms with Gasteiger partial charge in [-0.2, -0.15) is 0 Å². The summed E-state index contributed by atoms with van der Waals surface area (Å²) in [5.74, 6) is 1.59. The molecule has 3 heteroatoms. The van der Waals surface area contributed by atoms with E-state index in [9.17, 15) is 0 Å². The Morgan fingerprint density at radius 3 is 2.29 bits per heavy atom. The first-order valence-corrected chi connectivity index (χ1v) is 7.31. The number of aryl methyl sites for hydroxylation is 1. The summed E-state index contributed by atoms with van der Waals surface area (Å²) in [6, 6.07) is 14.4. The van der Waals surface area contributed by atoms with Crippen LogP contribution < -0.4 is 14.8 Å². The third kappa shape index (κ3) is 4.50. The highest BCUT2D eigenvalue weighted by Crippen LogP contribution is 2.29. The number of hydrogen-bond acceptors (Lipinski definition) is 3. The average molecular weight is 285 g/mol. The maximum Gasteiger partial charge on any atom is 0.161 e. The van der Waals surface area contributed by atoms with E-state index in [-0.39, 0.29) is 0 Å². The van der Waals surface area contributed by atoms with Gasteiger partial charge in [0, 0.05) is 6.54 Å². The van der Waals surface area contributed by atoms with Crippen LogP contribution in [0.1, 0.15) is 23.6 Å². The maximum atomic E-state index is 5.90. The normalized spacial score (nSPS) is 10.4. The maximum absolute atomic E-state index is 5.90. The van der Waals surface area contributed by atoms with Crippen LogP contribution in [0.4, 0.5) is 0 Å². The summed E-state index contributed by atoms with van der Waals surface area (Å²) in [7, 11) is 1.93. The number of nitrogens with one attached hydrogen (secondary N) is 1. The van der Waals surface area contributed by atoms with Gasteiger partial charge >= 0.3 is 0 Å². The minimum atomic E-state index is 0.547. The number of ether oxygens (including phenoxy) is 2. The van der Waals surface area contributed by atoms with Crippen molar-refractivity contribution < 1.29 is 9.47 Å². The Morgan fingerprint density at radius 2 is 1.62 bits per heavy atom. The molecule has 0 heterocycles. The lowest BCUT2D eigenvalue weighted by molar-refractivity contribution is 0.269. The lowest BCUT2D eigenvalue weighted by Crippen LogP contribution is -2.06. The first-order chi connectivity index (χ1) is 10.2. The second-order valence-electron chi connectivity index (χ2n) is 5.02. The zero-order valence-electron chi connectivity index (χ0n) is 13.0. The van der Waals surface area contributed by atoms with Crippen LogP contribution in [-0.2, 0) is 13.2 Å². The van der Waals surface area contributed by atoms with Gasteiger partial charge in [-0.05, 0) is 44.2 Å². The number of rotatable bonds is 7. The number of benzene rings is 2. The van der Waals surface area contributed by atoms with Gasteiger partial charge in [0.15, 0.2) is 11.5 Å². The van der Waals surface area contributed by atoms with E-state index in [2.05, 4.69) is 42.6 Å². The first-order valence-electron chi connectivity index (χ1n) is 7.31. The van der Waals surface area contributed by atoms with Crippen LogP contribution >= 0.6 is 0 Å². The Kier molecular flexibility index (Phi) is 5.64. The zero-order valence-corrected chi connectivity index (χ0v) is 13.0. The van der Waals surface area contributed by atoms with E-state index in [1.54, 1.807) is 0 Å². The van der Waals surface area contributed by atoms with Crippen LogP contribution in [0.3, 0.4) is 0 Å². The molecule has 0 unspecified atom stereocenters. The lowest BCUT2D eigenvalue weighted by atomic mass is 10.1. The summed E-state index contributed by atoms with van der Waals surface area (Å²) in [5, 5.41) is 3.14. The molecule has 2 aromatic rings. The van der Waals surface area contributed by atoms with Gasteiger partial charge in [-0.15, -0.1) is 0 Å². The molecule has 0 aliphatic rings. The van der Waals surface area contributed by atoms with Crippen molar-refractivity contribution in [3.05, 3.63) is 59.2 Å². The van der Waals surface area contributed by atoms with E-state index in [1.807, 2.05) is 26.1 Å². The molecule has 3 nitrogen and oxygen atoms in total. The smallest absolute Gasteiger partial charge is 0.161 e.